The summed E-state index contributed by atoms with van der Waals surface area (Å²) in [6.07, 6.45) is 1.59. The van der Waals surface area contributed by atoms with Gasteiger partial charge in [-0.15, -0.1) is 0 Å². The normalized spacial score (nSPS) is 11.0. The predicted octanol–water partition coefficient (Wildman–Crippen LogP) is 4.97. The number of aromatic nitrogens is 2. The van der Waals surface area contributed by atoms with Crippen molar-refractivity contribution in [3.63, 3.8) is 0 Å². The van der Waals surface area contributed by atoms with E-state index in [1.54, 1.807) is 34.9 Å². The molecular formula is C27H26FN3O2S. The zero-order chi connectivity index (χ0) is 23.8. The molecule has 3 aromatic carbocycles. The van der Waals surface area contributed by atoms with Gasteiger partial charge in [0, 0.05) is 25.3 Å². The van der Waals surface area contributed by atoms with E-state index in [4.69, 9.17) is 0 Å². The summed E-state index contributed by atoms with van der Waals surface area (Å²) in [5.74, 6) is 0.0346. The van der Waals surface area contributed by atoms with Crippen LogP contribution in [0.4, 0.5) is 4.39 Å². The Labute approximate surface area is 202 Å². The van der Waals surface area contributed by atoms with Gasteiger partial charge in [-0.05, 0) is 42.2 Å². The smallest absolute Gasteiger partial charge is 0.262 e. The first-order chi connectivity index (χ1) is 16.6. The zero-order valence-electron chi connectivity index (χ0n) is 18.7. The molecule has 0 radical (unpaired) electrons. The Balaban J connectivity index is 1.41. The molecule has 1 N–H and O–H groups in total. The molecule has 0 aliphatic heterocycles. The van der Waals surface area contributed by atoms with Gasteiger partial charge < -0.3 is 5.32 Å². The van der Waals surface area contributed by atoms with E-state index in [1.165, 1.54) is 23.4 Å². The van der Waals surface area contributed by atoms with Crippen molar-refractivity contribution in [2.75, 3.05) is 6.54 Å². The second-order valence-electron chi connectivity index (χ2n) is 7.94. The van der Waals surface area contributed by atoms with Crippen LogP contribution in [0.5, 0.6) is 0 Å². The van der Waals surface area contributed by atoms with Gasteiger partial charge in [0.1, 0.15) is 5.82 Å². The van der Waals surface area contributed by atoms with Gasteiger partial charge in [0.05, 0.1) is 10.9 Å². The first-order valence-electron chi connectivity index (χ1n) is 11.3. The number of benzene rings is 3. The summed E-state index contributed by atoms with van der Waals surface area (Å²) in [6, 6.07) is 23.8. The van der Waals surface area contributed by atoms with E-state index in [0.29, 0.717) is 53.3 Å². The van der Waals surface area contributed by atoms with Crippen LogP contribution in [-0.4, -0.2) is 22.0 Å². The highest BCUT2D eigenvalue weighted by Gasteiger charge is 2.13. The van der Waals surface area contributed by atoms with E-state index in [-0.39, 0.29) is 17.3 Å². The number of hydrogen-bond acceptors (Lipinski definition) is 4. The third-order valence-electron chi connectivity index (χ3n) is 5.51. The molecule has 7 heteroatoms. The molecule has 0 saturated heterocycles. The minimum atomic E-state index is -0.281. The van der Waals surface area contributed by atoms with Gasteiger partial charge >= 0.3 is 0 Å². The first-order valence-corrected chi connectivity index (χ1v) is 12.3. The van der Waals surface area contributed by atoms with E-state index in [1.807, 2.05) is 42.5 Å². The second-order valence-corrected chi connectivity index (χ2v) is 8.88. The molecule has 4 rings (SSSR count). The van der Waals surface area contributed by atoms with E-state index >= 15 is 0 Å². The summed E-state index contributed by atoms with van der Waals surface area (Å²) >= 11 is 1.32. The van der Waals surface area contributed by atoms with Gasteiger partial charge in [0.15, 0.2) is 5.16 Å². The number of halogens is 1. The quantitative estimate of drug-likeness (QED) is 0.260. The van der Waals surface area contributed by atoms with Crippen molar-refractivity contribution in [3.05, 3.63) is 106 Å². The number of fused-ring (bicyclic) bond motifs is 1. The molecule has 0 unspecified atom stereocenters. The topological polar surface area (TPSA) is 64.0 Å². The molecule has 0 spiro atoms. The van der Waals surface area contributed by atoms with Crippen LogP contribution in [0, 0.1) is 5.82 Å². The highest BCUT2D eigenvalue weighted by Crippen LogP contribution is 2.23. The number of nitrogens with one attached hydrogen (secondary N) is 1. The number of nitrogens with zero attached hydrogens (tertiary/aromatic N) is 2. The van der Waals surface area contributed by atoms with E-state index in [2.05, 4.69) is 10.3 Å². The van der Waals surface area contributed by atoms with Gasteiger partial charge in [-0.3, -0.25) is 14.2 Å². The third kappa shape index (κ3) is 6.11. The fourth-order valence-corrected chi connectivity index (χ4v) is 4.70. The summed E-state index contributed by atoms with van der Waals surface area (Å²) in [5, 5.41) is 4.00. The van der Waals surface area contributed by atoms with Crippen molar-refractivity contribution in [3.8, 4) is 0 Å². The molecule has 4 aromatic rings. The number of thioether (sulfide) groups is 1. The molecule has 1 aromatic heterocycles. The molecular weight excluding hydrogens is 449 g/mol. The molecule has 1 heterocycles. The summed E-state index contributed by atoms with van der Waals surface area (Å²) < 4.78 is 15.7. The number of carbonyl (C=O) groups excluding carboxylic acids is 1. The SMILES string of the molecule is O=C(CCCn1c(SCc2ccccc2F)nc2ccccc2c1=O)NCCc1ccccc1. The molecule has 0 saturated carbocycles. The van der Waals surface area contributed by atoms with Gasteiger partial charge in [-0.25, -0.2) is 9.37 Å². The van der Waals surface area contributed by atoms with Crippen LogP contribution in [0.1, 0.15) is 24.0 Å². The van der Waals surface area contributed by atoms with Crippen molar-refractivity contribution in [2.45, 2.75) is 36.7 Å². The Morgan fingerprint density at radius 1 is 0.971 bits per heavy atom. The highest BCUT2D eigenvalue weighted by molar-refractivity contribution is 7.98. The van der Waals surface area contributed by atoms with Crippen molar-refractivity contribution in [1.82, 2.24) is 14.9 Å². The first kappa shape index (κ1) is 23.7. The Hall–Kier alpha value is -3.45. The van der Waals surface area contributed by atoms with Gasteiger partial charge in [0.2, 0.25) is 5.91 Å². The lowest BCUT2D eigenvalue weighted by molar-refractivity contribution is -0.121. The maximum atomic E-state index is 14.1. The maximum Gasteiger partial charge on any atom is 0.262 e. The molecule has 174 valence electrons. The average Bonchev–Trinajstić information content (AvgIpc) is 2.86. The monoisotopic (exact) mass is 475 g/mol. The van der Waals surface area contributed by atoms with E-state index < -0.39 is 0 Å². The Kier molecular flexibility index (Phi) is 8.09. The largest absolute Gasteiger partial charge is 0.356 e. The van der Waals surface area contributed by atoms with Crippen LogP contribution in [0.15, 0.2) is 88.8 Å². The third-order valence-corrected chi connectivity index (χ3v) is 6.53. The summed E-state index contributed by atoms with van der Waals surface area (Å²) in [5.41, 5.74) is 2.19. The Morgan fingerprint density at radius 2 is 1.71 bits per heavy atom. The van der Waals surface area contributed by atoms with Crippen LogP contribution >= 0.6 is 11.8 Å². The highest BCUT2D eigenvalue weighted by atomic mass is 32.2. The minimum Gasteiger partial charge on any atom is -0.356 e. The summed E-state index contributed by atoms with van der Waals surface area (Å²) in [6.45, 7) is 0.937. The minimum absolute atomic E-state index is 0.0433. The van der Waals surface area contributed by atoms with Crippen molar-refractivity contribution >= 4 is 28.6 Å². The van der Waals surface area contributed by atoms with Crippen molar-refractivity contribution < 1.29 is 9.18 Å². The van der Waals surface area contributed by atoms with E-state index in [9.17, 15) is 14.0 Å². The summed E-state index contributed by atoms with van der Waals surface area (Å²) in [7, 11) is 0. The average molecular weight is 476 g/mol. The Bertz CT molecular complexity index is 1320. The lowest BCUT2D eigenvalue weighted by Gasteiger charge is -2.13. The van der Waals surface area contributed by atoms with Crippen LogP contribution in [0.2, 0.25) is 0 Å². The predicted molar refractivity (Wildman–Crippen MR) is 134 cm³/mol. The van der Waals surface area contributed by atoms with E-state index in [0.717, 1.165) is 6.42 Å². The van der Waals surface area contributed by atoms with Gasteiger partial charge in [0.25, 0.3) is 5.56 Å². The number of para-hydroxylation sites is 1. The van der Waals surface area contributed by atoms with Gasteiger partial charge in [-0.1, -0.05) is 72.4 Å². The second kappa shape index (κ2) is 11.6. The molecule has 0 aliphatic carbocycles. The Morgan fingerprint density at radius 3 is 2.53 bits per heavy atom. The van der Waals surface area contributed by atoms with Gasteiger partial charge in [-0.2, -0.15) is 0 Å². The molecule has 0 bridgehead atoms. The van der Waals surface area contributed by atoms with Crippen molar-refractivity contribution in [1.29, 1.82) is 0 Å². The number of amides is 1. The molecule has 1 amide bonds. The van der Waals surface area contributed by atoms with Crippen molar-refractivity contribution in [2.24, 2.45) is 0 Å². The van der Waals surface area contributed by atoms with Crippen LogP contribution < -0.4 is 10.9 Å². The summed E-state index contributed by atoms with van der Waals surface area (Å²) in [4.78, 5) is 30.1. The lowest BCUT2D eigenvalue weighted by atomic mass is 10.1. The fourth-order valence-electron chi connectivity index (χ4n) is 3.69. The number of rotatable bonds is 10. The molecule has 0 atom stereocenters. The molecule has 5 nitrogen and oxygen atoms in total. The lowest BCUT2D eigenvalue weighted by Crippen LogP contribution is -2.27. The maximum absolute atomic E-state index is 14.1. The van der Waals surface area contributed by atoms with Crippen LogP contribution in [0.25, 0.3) is 10.9 Å². The number of carbonyl (C=O) groups is 1. The van der Waals surface area contributed by atoms with Crippen LogP contribution in [-0.2, 0) is 23.5 Å². The number of hydrogen-bond donors (Lipinski definition) is 1. The fraction of sp³-hybridized carbons (Fsp3) is 0.222. The molecule has 0 aliphatic rings. The molecule has 0 fully saturated rings. The van der Waals surface area contributed by atoms with Crippen LogP contribution in [0.3, 0.4) is 0 Å². The molecule has 34 heavy (non-hydrogen) atoms. The zero-order valence-corrected chi connectivity index (χ0v) is 19.6. The standard InChI is InChI=1S/C27H26FN3O2S/c28-23-13-6-4-11-21(23)19-34-27-30-24-14-7-5-12-22(24)26(33)31(27)18-8-15-25(32)29-17-16-20-9-2-1-3-10-20/h1-7,9-14H,8,15-19H2,(H,29,32).